The fraction of sp³-hybridized carbons (Fsp3) is 0. The van der Waals surface area contributed by atoms with Crippen molar-refractivity contribution in [2.75, 3.05) is 0 Å². The molecule has 0 atom stereocenters. The highest BCUT2D eigenvalue weighted by Crippen LogP contribution is 2.40. The maximum atomic E-state index is 5.14. The van der Waals surface area contributed by atoms with Gasteiger partial charge in [-0.1, -0.05) is 66.7 Å². The maximum absolute atomic E-state index is 5.14. The van der Waals surface area contributed by atoms with Crippen molar-refractivity contribution >= 4 is 53.6 Å². The summed E-state index contributed by atoms with van der Waals surface area (Å²) in [5, 5.41) is 3.66. The number of hydrogen-bond donors (Lipinski definition) is 0. The van der Waals surface area contributed by atoms with Crippen molar-refractivity contribution in [1.29, 1.82) is 0 Å². The fourth-order valence-corrected chi connectivity index (χ4v) is 5.74. The average molecular weight is 428 g/mol. The van der Waals surface area contributed by atoms with Crippen LogP contribution in [0.25, 0.3) is 59.3 Å². The summed E-state index contributed by atoms with van der Waals surface area (Å²) in [6, 6.07) is 35.9. The second-order valence-electron chi connectivity index (χ2n) is 7.91. The molecule has 4 heteroatoms. The third-order valence-electron chi connectivity index (χ3n) is 5.99. The first-order chi connectivity index (χ1) is 15.9. The molecule has 3 heterocycles. The maximum Gasteiger partial charge on any atom is 0.165 e. The zero-order valence-electron chi connectivity index (χ0n) is 17.1. The van der Waals surface area contributed by atoms with Crippen LogP contribution in [0.1, 0.15) is 0 Å². The van der Waals surface area contributed by atoms with Crippen LogP contribution in [0, 0.1) is 0 Å². The molecule has 0 saturated carbocycles. The number of benzene rings is 4. The van der Waals surface area contributed by atoms with Gasteiger partial charge in [0.15, 0.2) is 5.65 Å². The summed E-state index contributed by atoms with van der Waals surface area (Å²) in [4.78, 5) is 10.2. The summed E-state index contributed by atoms with van der Waals surface area (Å²) in [6.45, 7) is 0. The molecule has 0 fully saturated rings. The van der Waals surface area contributed by atoms with Gasteiger partial charge < -0.3 is 0 Å². The SMILES string of the molecule is c1ccc(-n2c(-c3cccc4c3sc3ccccc34)nc3cc4ccccc4nc32)cc1. The van der Waals surface area contributed by atoms with Crippen molar-refractivity contribution in [2.45, 2.75) is 0 Å². The van der Waals surface area contributed by atoms with Crippen molar-refractivity contribution in [3.8, 4) is 17.1 Å². The van der Waals surface area contributed by atoms with E-state index in [2.05, 4.69) is 89.5 Å². The van der Waals surface area contributed by atoms with E-state index < -0.39 is 0 Å². The summed E-state index contributed by atoms with van der Waals surface area (Å²) < 4.78 is 4.74. The van der Waals surface area contributed by atoms with Gasteiger partial charge in [-0.25, -0.2) is 9.97 Å². The highest BCUT2D eigenvalue weighted by atomic mass is 32.1. The summed E-state index contributed by atoms with van der Waals surface area (Å²) in [7, 11) is 0. The van der Waals surface area contributed by atoms with E-state index in [9.17, 15) is 0 Å². The van der Waals surface area contributed by atoms with E-state index in [-0.39, 0.29) is 0 Å². The van der Waals surface area contributed by atoms with Gasteiger partial charge in [-0.3, -0.25) is 4.57 Å². The molecular formula is C28H17N3S. The summed E-state index contributed by atoms with van der Waals surface area (Å²) >= 11 is 1.83. The van der Waals surface area contributed by atoms with E-state index in [1.807, 2.05) is 29.5 Å². The Morgan fingerprint density at radius 2 is 1.41 bits per heavy atom. The average Bonchev–Trinajstić information content (AvgIpc) is 3.41. The highest BCUT2D eigenvalue weighted by Gasteiger charge is 2.19. The van der Waals surface area contributed by atoms with Gasteiger partial charge in [-0.2, -0.15) is 0 Å². The molecular weight excluding hydrogens is 410 g/mol. The molecule has 0 bridgehead atoms. The van der Waals surface area contributed by atoms with Crippen molar-refractivity contribution in [2.24, 2.45) is 0 Å². The number of nitrogens with zero attached hydrogens (tertiary/aromatic N) is 3. The Kier molecular flexibility index (Phi) is 3.72. The second kappa shape index (κ2) is 6.74. The van der Waals surface area contributed by atoms with Gasteiger partial charge in [0.2, 0.25) is 0 Å². The Bertz CT molecular complexity index is 1780. The largest absolute Gasteiger partial charge is 0.277 e. The number of thiophene rings is 1. The van der Waals surface area contributed by atoms with E-state index in [0.29, 0.717) is 0 Å². The Morgan fingerprint density at radius 3 is 2.34 bits per heavy atom. The smallest absolute Gasteiger partial charge is 0.165 e. The molecule has 0 spiro atoms. The minimum Gasteiger partial charge on any atom is -0.277 e. The lowest BCUT2D eigenvalue weighted by molar-refractivity contribution is 1.09. The molecule has 150 valence electrons. The molecule has 3 nitrogen and oxygen atoms in total. The molecule has 0 aliphatic rings. The number of imidazole rings is 1. The molecule has 4 aromatic carbocycles. The Balaban J connectivity index is 1.63. The molecule has 0 N–H and O–H groups in total. The van der Waals surface area contributed by atoms with Crippen LogP contribution in [0.4, 0.5) is 0 Å². The lowest BCUT2D eigenvalue weighted by atomic mass is 10.1. The number of aromatic nitrogens is 3. The van der Waals surface area contributed by atoms with Crippen LogP contribution < -0.4 is 0 Å². The lowest BCUT2D eigenvalue weighted by Crippen LogP contribution is -1.98. The fourth-order valence-electron chi connectivity index (χ4n) is 4.53. The highest BCUT2D eigenvalue weighted by molar-refractivity contribution is 7.26. The van der Waals surface area contributed by atoms with Crippen molar-refractivity contribution in [1.82, 2.24) is 14.5 Å². The quantitative estimate of drug-likeness (QED) is 0.284. The van der Waals surface area contributed by atoms with Crippen LogP contribution in [0.5, 0.6) is 0 Å². The summed E-state index contributed by atoms with van der Waals surface area (Å²) in [6.07, 6.45) is 0. The number of pyridine rings is 1. The van der Waals surface area contributed by atoms with Crippen LogP contribution in [0.15, 0.2) is 103 Å². The molecule has 0 saturated heterocycles. The van der Waals surface area contributed by atoms with Gasteiger partial charge >= 0.3 is 0 Å². The first-order valence-corrected chi connectivity index (χ1v) is 11.4. The van der Waals surface area contributed by atoms with E-state index in [0.717, 1.165) is 39.1 Å². The third-order valence-corrected chi connectivity index (χ3v) is 7.21. The van der Waals surface area contributed by atoms with Gasteiger partial charge in [0, 0.05) is 36.8 Å². The predicted molar refractivity (Wildman–Crippen MR) is 135 cm³/mol. The molecule has 0 aliphatic carbocycles. The first kappa shape index (κ1) is 17.6. The Morgan fingerprint density at radius 1 is 0.625 bits per heavy atom. The van der Waals surface area contributed by atoms with Gasteiger partial charge in [0.25, 0.3) is 0 Å². The van der Waals surface area contributed by atoms with E-state index in [4.69, 9.17) is 9.97 Å². The molecule has 32 heavy (non-hydrogen) atoms. The summed E-state index contributed by atoms with van der Waals surface area (Å²) in [5.74, 6) is 0.922. The van der Waals surface area contributed by atoms with Gasteiger partial charge in [-0.05, 0) is 36.4 Å². The van der Waals surface area contributed by atoms with Crippen molar-refractivity contribution in [3.05, 3.63) is 103 Å². The van der Waals surface area contributed by atoms with Crippen LogP contribution in [0.3, 0.4) is 0 Å². The van der Waals surface area contributed by atoms with Gasteiger partial charge in [0.1, 0.15) is 11.3 Å². The van der Waals surface area contributed by atoms with E-state index in [1.54, 1.807) is 0 Å². The van der Waals surface area contributed by atoms with Crippen molar-refractivity contribution in [3.63, 3.8) is 0 Å². The van der Waals surface area contributed by atoms with Crippen molar-refractivity contribution < 1.29 is 0 Å². The standard InChI is InChI=1S/C28H17N3S/c1-2-10-19(11-3-1)31-27(30-24-17-18-9-4-6-15-23(18)29-28(24)31)22-14-8-13-21-20-12-5-7-16-25(20)32-26(21)22/h1-17H. The van der Waals surface area contributed by atoms with Crippen LogP contribution in [0.2, 0.25) is 0 Å². The lowest BCUT2D eigenvalue weighted by Gasteiger charge is -2.10. The van der Waals surface area contributed by atoms with Crippen LogP contribution in [-0.2, 0) is 0 Å². The molecule has 7 aromatic rings. The van der Waals surface area contributed by atoms with Gasteiger partial charge in [0.05, 0.1) is 5.52 Å². The van der Waals surface area contributed by atoms with Gasteiger partial charge in [-0.15, -0.1) is 11.3 Å². The normalized spacial score (nSPS) is 11.8. The predicted octanol–water partition coefficient (Wildman–Crippen LogP) is 7.61. The number of hydrogen-bond acceptors (Lipinski definition) is 3. The van der Waals surface area contributed by atoms with Crippen LogP contribution >= 0.6 is 11.3 Å². The molecule has 0 unspecified atom stereocenters. The Hall–Kier alpha value is -4.02. The zero-order chi connectivity index (χ0) is 21.1. The number of rotatable bonds is 2. The van der Waals surface area contributed by atoms with E-state index >= 15 is 0 Å². The molecule has 3 aromatic heterocycles. The van der Waals surface area contributed by atoms with Crippen LogP contribution in [-0.4, -0.2) is 14.5 Å². The van der Waals surface area contributed by atoms with E-state index in [1.165, 1.54) is 20.2 Å². The molecule has 7 rings (SSSR count). The molecule has 0 radical (unpaired) electrons. The number of para-hydroxylation sites is 2. The molecule has 0 aliphatic heterocycles. The number of fused-ring (bicyclic) bond motifs is 5. The zero-order valence-corrected chi connectivity index (χ0v) is 17.9. The minimum absolute atomic E-state index is 0.878. The molecule has 0 amide bonds. The minimum atomic E-state index is 0.878. The first-order valence-electron chi connectivity index (χ1n) is 10.6. The second-order valence-corrected chi connectivity index (χ2v) is 8.96. The third kappa shape index (κ3) is 2.53. The Labute approximate surface area is 188 Å². The monoisotopic (exact) mass is 427 g/mol. The topological polar surface area (TPSA) is 30.7 Å². The summed E-state index contributed by atoms with van der Waals surface area (Å²) in [5.41, 5.74) is 4.95.